The summed E-state index contributed by atoms with van der Waals surface area (Å²) in [5.41, 5.74) is 9.11. The summed E-state index contributed by atoms with van der Waals surface area (Å²) >= 11 is 0. The molecular formula is C26H21NO2. The molecule has 3 heteroatoms. The van der Waals surface area contributed by atoms with Gasteiger partial charge in [0, 0.05) is 16.5 Å². The minimum atomic E-state index is 0.723. The average molecular weight is 379 g/mol. The third-order valence-corrected chi connectivity index (χ3v) is 5.45. The number of pyridine rings is 1. The van der Waals surface area contributed by atoms with Crippen molar-refractivity contribution in [3.05, 3.63) is 89.0 Å². The van der Waals surface area contributed by atoms with E-state index in [2.05, 4.69) is 61.5 Å². The topological polar surface area (TPSA) is 31.4 Å². The lowest BCUT2D eigenvalue weighted by Crippen LogP contribution is -1.91. The molecule has 0 fully saturated rings. The van der Waals surface area contributed by atoms with Crippen LogP contribution in [0.1, 0.15) is 22.3 Å². The monoisotopic (exact) mass is 379 g/mol. The number of aromatic nitrogens is 1. The van der Waals surface area contributed by atoms with E-state index in [0.717, 1.165) is 33.7 Å². The van der Waals surface area contributed by atoms with Crippen molar-refractivity contribution in [2.45, 2.75) is 6.92 Å². The third-order valence-electron chi connectivity index (χ3n) is 5.45. The fraction of sp³-hybridized carbons (Fsp3) is 0.115. The molecule has 0 amide bonds. The van der Waals surface area contributed by atoms with Gasteiger partial charge in [-0.05, 0) is 60.0 Å². The first-order chi connectivity index (χ1) is 14.2. The van der Waals surface area contributed by atoms with Gasteiger partial charge >= 0.3 is 0 Å². The van der Waals surface area contributed by atoms with E-state index < -0.39 is 0 Å². The van der Waals surface area contributed by atoms with E-state index in [4.69, 9.17) is 14.5 Å². The summed E-state index contributed by atoms with van der Waals surface area (Å²) in [4.78, 5) is 5.01. The van der Waals surface area contributed by atoms with Gasteiger partial charge in [-0.15, -0.1) is 0 Å². The van der Waals surface area contributed by atoms with E-state index in [0.29, 0.717) is 0 Å². The highest BCUT2D eigenvalue weighted by molar-refractivity contribution is 6.07. The van der Waals surface area contributed by atoms with E-state index in [-0.39, 0.29) is 0 Å². The maximum atomic E-state index is 5.49. The highest BCUT2D eigenvalue weighted by Gasteiger charge is 2.25. The highest BCUT2D eigenvalue weighted by Crippen LogP contribution is 2.45. The van der Waals surface area contributed by atoms with Crippen LogP contribution in [0.15, 0.2) is 66.7 Å². The SMILES string of the molecule is COc1ccc(C=C2c3ccc(C)cc3-c3nc4ccccc4cc32)cc1OC. The van der Waals surface area contributed by atoms with E-state index in [9.17, 15) is 0 Å². The van der Waals surface area contributed by atoms with Gasteiger partial charge in [0.2, 0.25) is 0 Å². The molecule has 5 rings (SSSR count). The molecular weight excluding hydrogens is 358 g/mol. The lowest BCUT2D eigenvalue weighted by molar-refractivity contribution is 0.355. The Morgan fingerprint density at radius 2 is 1.59 bits per heavy atom. The summed E-state index contributed by atoms with van der Waals surface area (Å²) in [6, 6.07) is 23.1. The molecule has 0 spiro atoms. The van der Waals surface area contributed by atoms with Gasteiger partial charge < -0.3 is 9.47 Å². The first kappa shape index (κ1) is 17.5. The maximum Gasteiger partial charge on any atom is 0.161 e. The number of methoxy groups -OCH3 is 2. The lowest BCUT2D eigenvalue weighted by Gasteiger charge is -2.09. The Morgan fingerprint density at radius 1 is 0.759 bits per heavy atom. The van der Waals surface area contributed by atoms with Crippen molar-refractivity contribution in [2.75, 3.05) is 14.2 Å². The normalized spacial score (nSPS) is 13.4. The Balaban J connectivity index is 1.76. The van der Waals surface area contributed by atoms with Gasteiger partial charge in [-0.2, -0.15) is 0 Å². The summed E-state index contributed by atoms with van der Waals surface area (Å²) in [7, 11) is 3.31. The number of ether oxygens (including phenoxy) is 2. The number of para-hydroxylation sites is 1. The summed E-state index contributed by atoms with van der Waals surface area (Å²) in [5.74, 6) is 1.45. The smallest absolute Gasteiger partial charge is 0.161 e. The molecule has 29 heavy (non-hydrogen) atoms. The first-order valence-corrected chi connectivity index (χ1v) is 9.63. The Hall–Kier alpha value is -3.59. The van der Waals surface area contributed by atoms with E-state index in [1.165, 1.54) is 27.8 Å². The molecule has 1 aliphatic carbocycles. The van der Waals surface area contributed by atoms with Gasteiger partial charge in [-0.1, -0.05) is 42.0 Å². The minimum Gasteiger partial charge on any atom is -0.493 e. The molecule has 3 aromatic carbocycles. The van der Waals surface area contributed by atoms with Crippen molar-refractivity contribution >= 4 is 22.6 Å². The zero-order chi connectivity index (χ0) is 20.0. The maximum absolute atomic E-state index is 5.49. The molecule has 0 aliphatic heterocycles. The number of rotatable bonds is 3. The second-order valence-corrected chi connectivity index (χ2v) is 7.30. The van der Waals surface area contributed by atoms with Crippen LogP contribution < -0.4 is 9.47 Å². The molecule has 0 N–H and O–H groups in total. The van der Waals surface area contributed by atoms with Crippen molar-refractivity contribution in [3.8, 4) is 22.8 Å². The van der Waals surface area contributed by atoms with Crippen LogP contribution >= 0.6 is 0 Å². The van der Waals surface area contributed by atoms with Gasteiger partial charge in [-0.3, -0.25) is 0 Å². The van der Waals surface area contributed by atoms with Crippen molar-refractivity contribution in [3.63, 3.8) is 0 Å². The summed E-state index contributed by atoms with van der Waals surface area (Å²) in [5, 5.41) is 1.15. The Bertz CT molecular complexity index is 1290. The molecule has 0 radical (unpaired) electrons. The van der Waals surface area contributed by atoms with Crippen molar-refractivity contribution in [2.24, 2.45) is 0 Å². The molecule has 4 aromatic rings. The quantitative estimate of drug-likeness (QED) is 0.378. The fourth-order valence-electron chi connectivity index (χ4n) is 4.03. The predicted octanol–water partition coefficient (Wildman–Crippen LogP) is 6.13. The number of hydrogen-bond donors (Lipinski definition) is 0. The van der Waals surface area contributed by atoms with E-state index in [1.807, 2.05) is 18.2 Å². The summed E-state index contributed by atoms with van der Waals surface area (Å²) in [6.07, 6.45) is 2.21. The molecule has 3 nitrogen and oxygen atoms in total. The summed E-state index contributed by atoms with van der Waals surface area (Å²) in [6.45, 7) is 2.12. The molecule has 1 aliphatic rings. The van der Waals surface area contributed by atoms with Gasteiger partial charge in [0.05, 0.1) is 25.4 Å². The van der Waals surface area contributed by atoms with Gasteiger partial charge in [0.25, 0.3) is 0 Å². The molecule has 0 unspecified atom stereocenters. The highest BCUT2D eigenvalue weighted by atomic mass is 16.5. The van der Waals surface area contributed by atoms with Crippen LogP contribution in [0.2, 0.25) is 0 Å². The van der Waals surface area contributed by atoms with E-state index in [1.54, 1.807) is 14.2 Å². The van der Waals surface area contributed by atoms with Crippen LogP contribution in [0.5, 0.6) is 11.5 Å². The largest absolute Gasteiger partial charge is 0.493 e. The number of benzene rings is 3. The number of nitrogens with zero attached hydrogens (tertiary/aromatic N) is 1. The zero-order valence-electron chi connectivity index (χ0n) is 16.7. The zero-order valence-corrected chi connectivity index (χ0v) is 16.7. The van der Waals surface area contributed by atoms with Crippen LogP contribution in [0.4, 0.5) is 0 Å². The first-order valence-electron chi connectivity index (χ1n) is 9.63. The minimum absolute atomic E-state index is 0.723. The summed E-state index contributed by atoms with van der Waals surface area (Å²) < 4.78 is 10.9. The predicted molar refractivity (Wildman–Crippen MR) is 118 cm³/mol. The number of hydrogen-bond acceptors (Lipinski definition) is 3. The van der Waals surface area contributed by atoms with E-state index >= 15 is 0 Å². The van der Waals surface area contributed by atoms with Crippen LogP contribution in [-0.2, 0) is 0 Å². The van der Waals surface area contributed by atoms with Crippen LogP contribution in [-0.4, -0.2) is 19.2 Å². The Labute approximate surface area is 170 Å². The second-order valence-electron chi connectivity index (χ2n) is 7.30. The van der Waals surface area contributed by atoms with Crippen molar-refractivity contribution in [1.82, 2.24) is 4.98 Å². The molecule has 0 saturated carbocycles. The molecule has 1 heterocycles. The standard InChI is InChI=1S/C26H21NO2/c1-16-8-10-19-20(13-17-9-11-24(28-2)25(14-17)29-3)22-15-18-6-4-5-7-23(18)27-26(22)21(19)12-16/h4-15H,1-3H3. The molecule has 0 bridgehead atoms. The van der Waals surface area contributed by atoms with Gasteiger partial charge in [0.15, 0.2) is 11.5 Å². The fourth-order valence-corrected chi connectivity index (χ4v) is 4.03. The van der Waals surface area contributed by atoms with Crippen LogP contribution in [0.3, 0.4) is 0 Å². The van der Waals surface area contributed by atoms with Crippen molar-refractivity contribution < 1.29 is 9.47 Å². The third kappa shape index (κ3) is 2.87. The number of aryl methyl sites for hydroxylation is 1. The molecule has 1 aromatic heterocycles. The molecule has 0 atom stereocenters. The van der Waals surface area contributed by atoms with Crippen LogP contribution in [0.25, 0.3) is 33.8 Å². The number of fused-ring (bicyclic) bond motifs is 4. The second kappa shape index (κ2) is 6.78. The average Bonchev–Trinajstić information content (AvgIpc) is 3.04. The Morgan fingerprint density at radius 3 is 2.41 bits per heavy atom. The molecule has 142 valence electrons. The van der Waals surface area contributed by atoms with Crippen molar-refractivity contribution in [1.29, 1.82) is 0 Å². The Kier molecular flexibility index (Phi) is 4.09. The van der Waals surface area contributed by atoms with Gasteiger partial charge in [-0.25, -0.2) is 4.98 Å². The lowest BCUT2D eigenvalue weighted by atomic mass is 9.99. The molecule has 0 saturated heterocycles. The van der Waals surface area contributed by atoms with Gasteiger partial charge in [0.1, 0.15) is 0 Å². The van der Waals surface area contributed by atoms with Crippen LogP contribution in [0, 0.1) is 6.92 Å².